The lowest BCUT2D eigenvalue weighted by atomic mass is 10.1. The maximum absolute atomic E-state index is 12.9. The molecule has 2 amide bonds. The van der Waals surface area contributed by atoms with Gasteiger partial charge in [-0.05, 0) is 36.2 Å². The van der Waals surface area contributed by atoms with Crippen molar-refractivity contribution in [2.24, 2.45) is 0 Å². The van der Waals surface area contributed by atoms with E-state index in [1.54, 1.807) is 24.1 Å². The molecule has 2 aromatic carbocycles. The number of nitrogens with one attached hydrogen (secondary N) is 1. The SMILES string of the molecule is COc1ccccc1N1CCN(C(=O)C(=O)NCCc2ccc(F)cc2)CC1. The summed E-state index contributed by atoms with van der Waals surface area (Å²) in [5.74, 6) is -0.623. The van der Waals surface area contributed by atoms with E-state index in [1.807, 2.05) is 24.3 Å². The molecule has 3 rings (SSSR count). The van der Waals surface area contributed by atoms with Crippen molar-refractivity contribution in [3.05, 3.63) is 59.9 Å². The number of carbonyl (C=O) groups is 2. The Hall–Kier alpha value is -3.09. The van der Waals surface area contributed by atoms with Gasteiger partial charge in [0.15, 0.2) is 0 Å². The molecule has 1 fully saturated rings. The Kier molecular flexibility index (Phi) is 6.47. The number of ether oxygens (including phenoxy) is 1. The minimum Gasteiger partial charge on any atom is -0.495 e. The van der Waals surface area contributed by atoms with Crippen LogP contribution in [0.2, 0.25) is 0 Å². The van der Waals surface area contributed by atoms with E-state index in [-0.39, 0.29) is 5.82 Å². The topological polar surface area (TPSA) is 61.9 Å². The smallest absolute Gasteiger partial charge is 0.312 e. The van der Waals surface area contributed by atoms with E-state index in [0.717, 1.165) is 17.0 Å². The summed E-state index contributed by atoms with van der Waals surface area (Å²) in [4.78, 5) is 28.2. The number of hydrogen-bond acceptors (Lipinski definition) is 4. The number of nitrogens with zero attached hydrogens (tertiary/aromatic N) is 2. The van der Waals surface area contributed by atoms with E-state index in [4.69, 9.17) is 4.74 Å². The molecule has 2 aromatic rings. The van der Waals surface area contributed by atoms with E-state index in [9.17, 15) is 14.0 Å². The third kappa shape index (κ3) is 4.79. The van der Waals surface area contributed by atoms with Crippen molar-refractivity contribution in [1.82, 2.24) is 10.2 Å². The Bertz CT molecular complexity index is 818. The van der Waals surface area contributed by atoms with Crippen molar-refractivity contribution in [2.45, 2.75) is 6.42 Å². The number of benzene rings is 2. The second-order valence-corrected chi connectivity index (χ2v) is 6.58. The number of methoxy groups -OCH3 is 1. The van der Waals surface area contributed by atoms with Crippen molar-refractivity contribution in [3.8, 4) is 5.75 Å². The van der Waals surface area contributed by atoms with Gasteiger partial charge in [-0.3, -0.25) is 9.59 Å². The van der Waals surface area contributed by atoms with E-state index in [2.05, 4.69) is 10.2 Å². The van der Waals surface area contributed by atoms with Gasteiger partial charge in [0, 0.05) is 32.7 Å². The van der Waals surface area contributed by atoms with Crippen molar-refractivity contribution >= 4 is 17.5 Å². The third-order valence-corrected chi connectivity index (χ3v) is 4.80. The molecule has 28 heavy (non-hydrogen) atoms. The maximum Gasteiger partial charge on any atom is 0.312 e. The van der Waals surface area contributed by atoms with Crippen LogP contribution < -0.4 is 15.0 Å². The van der Waals surface area contributed by atoms with Crippen molar-refractivity contribution in [3.63, 3.8) is 0 Å². The fourth-order valence-electron chi connectivity index (χ4n) is 3.23. The molecule has 0 aromatic heterocycles. The van der Waals surface area contributed by atoms with Crippen LogP contribution in [-0.2, 0) is 16.0 Å². The highest BCUT2D eigenvalue weighted by molar-refractivity contribution is 6.35. The fourth-order valence-corrected chi connectivity index (χ4v) is 3.23. The van der Waals surface area contributed by atoms with E-state index in [0.29, 0.717) is 39.1 Å². The lowest BCUT2D eigenvalue weighted by Crippen LogP contribution is -2.52. The van der Waals surface area contributed by atoms with Crippen molar-refractivity contribution in [2.75, 3.05) is 44.7 Å². The molecule has 0 spiro atoms. The normalized spacial score (nSPS) is 13.9. The van der Waals surface area contributed by atoms with Gasteiger partial charge < -0.3 is 19.9 Å². The number of anilines is 1. The predicted octanol–water partition coefficient (Wildman–Crippen LogP) is 1.84. The minimum atomic E-state index is -0.604. The average molecular weight is 385 g/mol. The van der Waals surface area contributed by atoms with Gasteiger partial charge in [0.2, 0.25) is 0 Å². The Morgan fingerprint density at radius 2 is 1.71 bits per heavy atom. The average Bonchev–Trinajstić information content (AvgIpc) is 2.74. The van der Waals surface area contributed by atoms with E-state index < -0.39 is 11.8 Å². The summed E-state index contributed by atoms with van der Waals surface area (Å²) in [5, 5.41) is 2.65. The van der Waals surface area contributed by atoms with E-state index in [1.165, 1.54) is 12.1 Å². The summed E-state index contributed by atoms with van der Waals surface area (Å²) < 4.78 is 18.3. The largest absolute Gasteiger partial charge is 0.495 e. The summed E-state index contributed by atoms with van der Waals surface area (Å²) in [5.41, 5.74) is 1.89. The molecule has 0 radical (unpaired) electrons. The second kappa shape index (κ2) is 9.21. The zero-order valence-corrected chi connectivity index (χ0v) is 15.9. The number of piperazine rings is 1. The lowest BCUT2D eigenvalue weighted by Gasteiger charge is -2.36. The number of para-hydroxylation sites is 2. The highest BCUT2D eigenvalue weighted by atomic mass is 19.1. The molecule has 7 heteroatoms. The van der Waals surface area contributed by atoms with Gasteiger partial charge in [-0.1, -0.05) is 24.3 Å². The Labute approximate surface area is 163 Å². The van der Waals surface area contributed by atoms with Gasteiger partial charge in [-0.2, -0.15) is 0 Å². The number of amides is 2. The molecule has 0 aliphatic carbocycles. The van der Waals surface area contributed by atoms with Crippen LogP contribution in [0.4, 0.5) is 10.1 Å². The predicted molar refractivity (Wildman–Crippen MR) is 105 cm³/mol. The third-order valence-electron chi connectivity index (χ3n) is 4.80. The van der Waals surface area contributed by atoms with Gasteiger partial charge >= 0.3 is 11.8 Å². The van der Waals surface area contributed by atoms with Crippen molar-refractivity contribution < 1.29 is 18.7 Å². The Morgan fingerprint density at radius 3 is 2.39 bits per heavy atom. The molecule has 0 saturated carbocycles. The van der Waals surface area contributed by atoms with Crippen LogP contribution in [-0.4, -0.2) is 56.5 Å². The maximum atomic E-state index is 12.9. The first-order chi connectivity index (χ1) is 13.6. The second-order valence-electron chi connectivity index (χ2n) is 6.58. The van der Waals surface area contributed by atoms with Crippen LogP contribution in [0.25, 0.3) is 0 Å². The summed E-state index contributed by atoms with van der Waals surface area (Å²) in [7, 11) is 1.63. The quantitative estimate of drug-likeness (QED) is 0.798. The molecule has 1 saturated heterocycles. The first kappa shape index (κ1) is 19.7. The first-order valence-corrected chi connectivity index (χ1v) is 9.28. The molecule has 148 valence electrons. The molecular weight excluding hydrogens is 361 g/mol. The molecular formula is C21H24FN3O3. The van der Waals surface area contributed by atoms with Gasteiger partial charge in [-0.15, -0.1) is 0 Å². The summed E-state index contributed by atoms with van der Waals surface area (Å²) in [6.07, 6.45) is 0.543. The Morgan fingerprint density at radius 1 is 1.04 bits per heavy atom. The van der Waals surface area contributed by atoms with Crippen LogP contribution in [0.15, 0.2) is 48.5 Å². The summed E-state index contributed by atoms with van der Waals surface area (Å²) in [6.45, 7) is 2.55. The summed E-state index contributed by atoms with van der Waals surface area (Å²) in [6, 6.07) is 13.8. The number of rotatable bonds is 5. The highest BCUT2D eigenvalue weighted by Crippen LogP contribution is 2.28. The van der Waals surface area contributed by atoms with Gasteiger partial charge in [0.25, 0.3) is 0 Å². The lowest BCUT2D eigenvalue weighted by molar-refractivity contribution is -0.146. The number of hydrogen-bond donors (Lipinski definition) is 1. The molecule has 1 aliphatic rings. The number of halogens is 1. The molecule has 6 nitrogen and oxygen atoms in total. The Balaban J connectivity index is 1.46. The molecule has 1 heterocycles. The first-order valence-electron chi connectivity index (χ1n) is 9.28. The van der Waals surface area contributed by atoms with Crippen LogP contribution in [0, 0.1) is 5.82 Å². The summed E-state index contributed by atoms with van der Waals surface area (Å²) >= 11 is 0. The van der Waals surface area contributed by atoms with E-state index >= 15 is 0 Å². The molecule has 1 aliphatic heterocycles. The zero-order valence-electron chi connectivity index (χ0n) is 15.9. The van der Waals surface area contributed by atoms with Gasteiger partial charge in [0.05, 0.1) is 12.8 Å². The standard InChI is InChI=1S/C21H24FN3O3/c1-28-19-5-3-2-4-18(19)24-12-14-25(15-13-24)21(27)20(26)23-11-10-16-6-8-17(22)9-7-16/h2-9H,10-15H2,1H3,(H,23,26). The monoisotopic (exact) mass is 385 g/mol. The number of carbonyl (C=O) groups excluding carboxylic acids is 2. The zero-order chi connectivity index (χ0) is 19.9. The van der Waals surface area contributed by atoms with Crippen LogP contribution in [0.3, 0.4) is 0 Å². The van der Waals surface area contributed by atoms with Crippen LogP contribution >= 0.6 is 0 Å². The molecule has 0 atom stereocenters. The van der Waals surface area contributed by atoms with Crippen LogP contribution in [0.1, 0.15) is 5.56 Å². The fraction of sp³-hybridized carbons (Fsp3) is 0.333. The highest BCUT2D eigenvalue weighted by Gasteiger charge is 2.26. The molecule has 0 bridgehead atoms. The van der Waals surface area contributed by atoms with Crippen LogP contribution in [0.5, 0.6) is 5.75 Å². The minimum absolute atomic E-state index is 0.296. The molecule has 1 N–H and O–H groups in total. The van der Waals surface area contributed by atoms with Gasteiger partial charge in [0.1, 0.15) is 11.6 Å². The van der Waals surface area contributed by atoms with Gasteiger partial charge in [-0.25, -0.2) is 4.39 Å². The molecule has 0 unspecified atom stereocenters. The van der Waals surface area contributed by atoms with Crippen molar-refractivity contribution in [1.29, 1.82) is 0 Å².